The van der Waals surface area contributed by atoms with Crippen LogP contribution < -0.4 is 5.32 Å². The van der Waals surface area contributed by atoms with Gasteiger partial charge in [-0.25, -0.2) is 18.2 Å². The number of fused-ring (bicyclic) bond motifs is 1. The van der Waals surface area contributed by atoms with Crippen LogP contribution in [0.2, 0.25) is 0 Å². The molecule has 3 rings (SSSR count). The van der Waals surface area contributed by atoms with Crippen LogP contribution >= 0.6 is 0 Å². The molecule has 2 aromatic carbocycles. The molecular formula is C26H36N4O5S. The van der Waals surface area contributed by atoms with E-state index in [0.717, 1.165) is 11.1 Å². The van der Waals surface area contributed by atoms with Crippen molar-refractivity contribution in [1.29, 1.82) is 0 Å². The van der Waals surface area contributed by atoms with Crippen molar-refractivity contribution >= 4 is 27.1 Å². The van der Waals surface area contributed by atoms with Gasteiger partial charge in [-0.3, -0.25) is 0 Å². The maximum atomic E-state index is 13.8. The van der Waals surface area contributed by atoms with E-state index in [9.17, 15) is 23.4 Å². The fourth-order valence-electron chi connectivity index (χ4n) is 4.21. The number of hydrogen-bond donors (Lipinski definition) is 3. The van der Waals surface area contributed by atoms with Crippen molar-refractivity contribution in [3.63, 3.8) is 0 Å². The Hall–Kier alpha value is -2.95. The summed E-state index contributed by atoms with van der Waals surface area (Å²) in [6, 6.07) is 13.1. The van der Waals surface area contributed by atoms with Gasteiger partial charge in [0.25, 0.3) is 0 Å². The topological polar surface area (TPSA) is 125 Å². The molecule has 196 valence electrons. The third-order valence-electron chi connectivity index (χ3n) is 5.82. The van der Waals surface area contributed by atoms with Crippen molar-refractivity contribution in [2.24, 2.45) is 11.8 Å². The summed E-state index contributed by atoms with van der Waals surface area (Å²) in [5, 5.41) is 22.7. The number of sulfonamides is 1. The number of carboxylic acid groups (broad SMARTS) is 1. The van der Waals surface area contributed by atoms with E-state index >= 15 is 0 Å². The van der Waals surface area contributed by atoms with Crippen LogP contribution in [0, 0.1) is 11.8 Å². The summed E-state index contributed by atoms with van der Waals surface area (Å²) < 4.78 is 30.7. The molecule has 3 aromatic rings. The van der Waals surface area contributed by atoms with Gasteiger partial charge in [-0.05, 0) is 42.0 Å². The summed E-state index contributed by atoms with van der Waals surface area (Å²) in [6.07, 6.45) is -0.603. The number of hydrogen-bond acceptors (Lipinski definition) is 5. The molecule has 0 aliphatic rings. The van der Waals surface area contributed by atoms with Crippen molar-refractivity contribution in [2.75, 3.05) is 13.1 Å². The number of imidazole rings is 1. The van der Waals surface area contributed by atoms with E-state index in [-0.39, 0.29) is 30.3 Å². The number of carbonyl (C=O) groups is 1. The van der Waals surface area contributed by atoms with Gasteiger partial charge in [0.2, 0.25) is 10.0 Å². The standard InChI is InChI=1S/C26H36N4O5S/c1-18(2)14-29-17-27-22-11-10-21(13-24(22)29)36(34,35)30(15-19(3)4)16-25(31)23(28-26(32)33)12-20-8-6-5-7-9-20/h5-11,13,17-19,23,25,28,31H,12,14-16H2,1-4H3,(H,32,33). The van der Waals surface area contributed by atoms with Gasteiger partial charge in [-0.2, -0.15) is 4.31 Å². The molecule has 0 saturated heterocycles. The van der Waals surface area contributed by atoms with Crippen LogP contribution in [0.25, 0.3) is 11.0 Å². The highest BCUT2D eigenvalue weighted by atomic mass is 32.2. The van der Waals surface area contributed by atoms with Gasteiger partial charge >= 0.3 is 6.09 Å². The number of amides is 1. The summed E-state index contributed by atoms with van der Waals surface area (Å²) in [6.45, 7) is 8.58. The number of benzene rings is 2. The first-order valence-electron chi connectivity index (χ1n) is 12.1. The average molecular weight is 517 g/mol. The van der Waals surface area contributed by atoms with Crippen molar-refractivity contribution in [1.82, 2.24) is 19.2 Å². The molecule has 1 heterocycles. The molecule has 9 nitrogen and oxygen atoms in total. The maximum Gasteiger partial charge on any atom is 0.404 e. The number of aliphatic hydroxyl groups is 1. The zero-order chi connectivity index (χ0) is 26.5. The van der Waals surface area contributed by atoms with Gasteiger partial charge in [0, 0.05) is 19.6 Å². The van der Waals surface area contributed by atoms with E-state index in [4.69, 9.17) is 0 Å². The molecule has 2 unspecified atom stereocenters. The molecule has 2 atom stereocenters. The first-order valence-corrected chi connectivity index (χ1v) is 13.6. The second kappa shape index (κ2) is 11.9. The van der Waals surface area contributed by atoms with Crippen molar-refractivity contribution in [2.45, 2.75) is 57.7 Å². The van der Waals surface area contributed by atoms with Crippen LogP contribution in [0.5, 0.6) is 0 Å². The molecule has 0 fully saturated rings. The highest BCUT2D eigenvalue weighted by molar-refractivity contribution is 7.89. The van der Waals surface area contributed by atoms with E-state index in [2.05, 4.69) is 24.1 Å². The fraction of sp³-hybridized carbons (Fsp3) is 0.462. The monoisotopic (exact) mass is 516 g/mol. The average Bonchev–Trinajstić information content (AvgIpc) is 3.19. The SMILES string of the molecule is CC(C)CN(CC(O)C(Cc1ccccc1)NC(=O)O)S(=O)(=O)c1ccc2ncn(CC(C)C)c2c1. The predicted octanol–water partition coefficient (Wildman–Crippen LogP) is 3.58. The Bertz CT molecular complexity index is 1260. The molecule has 3 N–H and O–H groups in total. The number of aromatic nitrogens is 2. The van der Waals surface area contributed by atoms with Crippen molar-refractivity contribution in [3.05, 3.63) is 60.4 Å². The number of aliphatic hydroxyl groups excluding tert-OH is 1. The highest BCUT2D eigenvalue weighted by Crippen LogP contribution is 2.24. The molecule has 1 amide bonds. The minimum atomic E-state index is -3.98. The van der Waals surface area contributed by atoms with Gasteiger partial charge in [0.05, 0.1) is 34.4 Å². The summed E-state index contributed by atoms with van der Waals surface area (Å²) in [5.41, 5.74) is 2.26. The summed E-state index contributed by atoms with van der Waals surface area (Å²) in [7, 11) is -3.98. The van der Waals surface area contributed by atoms with Gasteiger partial charge in [0.1, 0.15) is 0 Å². The first kappa shape index (κ1) is 27.6. The van der Waals surface area contributed by atoms with Gasteiger partial charge < -0.3 is 20.1 Å². The number of rotatable bonds is 12. The summed E-state index contributed by atoms with van der Waals surface area (Å²) in [4.78, 5) is 15.9. The van der Waals surface area contributed by atoms with E-state index in [1.54, 1.807) is 18.5 Å². The van der Waals surface area contributed by atoms with Crippen LogP contribution in [0.1, 0.15) is 33.3 Å². The lowest BCUT2D eigenvalue weighted by Crippen LogP contribution is -2.50. The molecule has 0 radical (unpaired) electrons. The maximum absolute atomic E-state index is 13.8. The van der Waals surface area contributed by atoms with Crippen molar-refractivity contribution in [3.8, 4) is 0 Å². The second-order valence-electron chi connectivity index (χ2n) is 9.97. The van der Waals surface area contributed by atoms with Crippen LogP contribution in [-0.4, -0.2) is 63.8 Å². The lowest BCUT2D eigenvalue weighted by Gasteiger charge is -2.30. The highest BCUT2D eigenvalue weighted by Gasteiger charge is 2.31. The Morgan fingerprint density at radius 3 is 2.36 bits per heavy atom. The molecule has 0 aliphatic carbocycles. The van der Waals surface area contributed by atoms with Crippen molar-refractivity contribution < 1.29 is 23.4 Å². The molecule has 0 bridgehead atoms. The Balaban J connectivity index is 1.91. The van der Waals surface area contributed by atoms with Crippen LogP contribution in [0.15, 0.2) is 59.8 Å². The van der Waals surface area contributed by atoms with Gasteiger partial charge in [-0.1, -0.05) is 58.0 Å². The van der Waals surface area contributed by atoms with E-state index < -0.39 is 28.3 Å². The second-order valence-corrected chi connectivity index (χ2v) is 11.9. The predicted molar refractivity (Wildman–Crippen MR) is 139 cm³/mol. The number of nitrogens with one attached hydrogen (secondary N) is 1. The zero-order valence-corrected chi connectivity index (χ0v) is 22.0. The Morgan fingerprint density at radius 1 is 1.06 bits per heavy atom. The van der Waals surface area contributed by atoms with E-state index in [1.165, 1.54) is 10.4 Å². The molecule has 0 aliphatic heterocycles. The zero-order valence-electron chi connectivity index (χ0n) is 21.2. The molecular weight excluding hydrogens is 480 g/mol. The quantitative estimate of drug-likeness (QED) is 0.338. The third-order valence-corrected chi connectivity index (χ3v) is 7.65. The molecule has 1 aromatic heterocycles. The Kier molecular flexibility index (Phi) is 9.10. The molecule has 10 heteroatoms. The minimum Gasteiger partial charge on any atom is -0.465 e. The first-order chi connectivity index (χ1) is 17.0. The van der Waals surface area contributed by atoms with Crippen LogP contribution in [0.3, 0.4) is 0 Å². The smallest absolute Gasteiger partial charge is 0.404 e. The Morgan fingerprint density at radius 2 is 1.75 bits per heavy atom. The van der Waals surface area contributed by atoms with E-state index in [0.29, 0.717) is 18.0 Å². The summed E-state index contributed by atoms with van der Waals surface area (Å²) in [5.74, 6) is 0.348. The van der Waals surface area contributed by atoms with E-state index in [1.807, 2.05) is 48.7 Å². The largest absolute Gasteiger partial charge is 0.465 e. The lowest BCUT2D eigenvalue weighted by atomic mass is 10.0. The fourth-order valence-corrected chi connectivity index (χ4v) is 5.85. The normalized spacial score (nSPS) is 14.0. The molecule has 0 spiro atoms. The Labute approximate surface area is 212 Å². The molecule has 0 saturated carbocycles. The van der Waals surface area contributed by atoms with Crippen LogP contribution in [0.4, 0.5) is 4.79 Å². The summed E-state index contributed by atoms with van der Waals surface area (Å²) >= 11 is 0. The van der Waals surface area contributed by atoms with Gasteiger partial charge in [-0.15, -0.1) is 0 Å². The third kappa shape index (κ3) is 7.05. The lowest BCUT2D eigenvalue weighted by molar-refractivity contribution is 0.0980. The van der Waals surface area contributed by atoms with Gasteiger partial charge in [0.15, 0.2) is 0 Å². The van der Waals surface area contributed by atoms with Crippen LogP contribution in [-0.2, 0) is 23.0 Å². The minimum absolute atomic E-state index is 0.0119. The molecule has 36 heavy (non-hydrogen) atoms. The number of nitrogens with zero attached hydrogens (tertiary/aromatic N) is 3.